The molecule has 0 radical (unpaired) electrons. The van der Waals surface area contributed by atoms with Crippen molar-refractivity contribution >= 4 is 22.2 Å². The molecule has 0 aliphatic heterocycles. The zero-order valence-electron chi connectivity index (χ0n) is 7.69. The van der Waals surface area contributed by atoms with E-state index in [2.05, 4.69) is 0 Å². The van der Waals surface area contributed by atoms with Crippen molar-refractivity contribution in [3.05, 3.63) is 11.6 Å². The van der Waals surface area contributed by atoms with Crippen LogP contribution in [0.1, 0.15) is 19.3 Å². The highest BCUT2D eigenvalue weighted by Crippen LogP contribution is 2.22. The van der Waals surface area contributed by atoms with Crippen molar-refractivity contribution in [3.8, 4) is 0 Å². The van der Waals surface area contributed by atoms with Gasteiger partial charge in [-0.3, -0.25) is 0 Å². The lowest BCUT2D eigenvalue weighted by Crippen LogP contribution is -2.23. The van der Waals surface area contributed by atoms with E-state index in [1.807, 2.05) is 6.08 Å². The van der Waals surface area contributed by atoms with Crippen molar-refractivity contribution in [3.63, 3.8) is 0 Å². The normalized spacial score (nSPS) is 23.2. The van der Waals surface area contributed by atoms with Crippen molar-refractivity contribution in [2.45, 2.75) is 24.5 Å². The van der Waals surface area contributed by atoms with Gasteiger partial charge in [-0.25, -0.2) is 8.42 Å². The smallest absolute Gasteiger partial charge is 0.150 e. The van der Waals surface area contributed by atoms with Gasteiger partial charge in [0.05, 0.1) is 5.25 Å². The van der Waals surface area contributed by atoms with Crippen molar-refractivity contribution in [1.29, 1.82) is 0 Å². The van der Waals surface area contributed by atoms with Crippen LogP contribution in [0.3, 0.4) is 0 Å². The Hall–Kier alpha value is -0.0600. The second kappa shape index (κ2) is 4.98. The molecule has 0 bridgehead atoms. The lowest BCUT2D eigenvalue weighted by atomic mass is 9.99. The highest BCUT2D eigenvalue weighted by molar-refractivity contribution is 7.91. The molecule has 3 nitrogen and oxygen atoms in total. The van der Waals surface area contributed by atoms with Crippen molar-refractivity contribution in [2.75, 3.05) is 12.8 Å². The number of sulfone groups is 1. The van der Waals surface area contributed by atoms with E-state index in [0.717, 1.165) is 12.8 Å². The zero-order chi connectivity index (χ0) is 9.19. The van der Waals surface area contributed by atoms with E-state index >= 15 is 0 Å². The summed E-state index contributed by atoms with van der Waals surface area (Å²) in [4.78, 5) is 0. The molecule has 0 heterocycles. The Morgan fingerprint density at radius 3 is 2.54 bits per heavy atom. The predicted octanol–water partition coefficient (Wildman–Crippen LogP) is 0.890. The number of halogens is 1. The van der Waals surface area contributed by atoms with Gasteiger partial charge in [0.2, 0.25) is 0 Å². The molecule has 0 aromatic carbocycles. The molecule has 0 fully saturated rings. The standard InChI is InChI=1S/C8H15NO2S.ClH/c1-12(10,11)8-4-2-7(6-9)3-5-8;/h2,8H,3-6,9H2,1H3;1H. The number of nitrogens with two attached hydrogens (primary N) is 1. The Bertz CT molecular complexity index is 285. The molecule has 0 saturated carbocycles. The molecule has 1 atom stereocenters. The summed E-state index contributed by atoms with van der Waals surface area (Å²) in [5.41, 5.74) is 6.63. The molecule has 1 aliphatic rings. The third-order valence-electron chi connectivity index (χ3n) is 2.32. The van der Waals surface area contributed by atoms with Crippen LogP contribution in [0.5, 0.6) is 0 Å². The fourth-order valence-electron chi connectivity index (χ4n) is 1.44. The summed E-state index contributed by atoms with van der Waals surface area (Å²) in [6.07, 6.45) is 5.50. The van der Waals surface area contributed by atoms with E-state index in [1.54, 1.807) is 0 Å². The SMILES string of the molecule is CS(=O)(=O)C1CC=C(CN)CC1.Cl. The molecule has 1 aliphatic carbocycles. The summed E-state index contributed by atoms with van der Waals surface area (Å²) in [6, 6.07) is 0. The monoisotopic (exact) mass is 225 g/mol. The molecule has 1 rings (SSSR count). The average Bonchev–Trinajstić information content (AvgIpc) is 2.03. The maximum absolute atomic E-state index is 11.1. The molecule has 0 aromatic rings. The summed E-state index contributed by atoms with van der Waals surface area (Å²) in [6.45, 7) is 0.566. The largest absolute Gasteiger partial charge is 0.327 e. The lowest BCUT2D eigenvalue weighted by Gasteiger charge is -2.19. The summed E-state index contributed by atoms with van der Waals surface area (Å²) in [5, 5.41) is -0.173. The average molecular weight is 226 g/mol. The second-order valence-corrected chi connectivity index (χ2v) is 5.62. The molecule has 0 aromatic heterocycles. The van der Waals surface area contributed by atoms with Crippen molar-refractivity contribution in [2.24, 2.45) is 5.73 Å². The predicted molar refractivity (Wildman–Crippen MR) is 56.9 cm³/mol. The first kappa shape index (κ1) is 12.9. The summed E-state index contributed by atoms with van der Waals surface area (Å²) in [7, 11) is -2.84. The maximum Gasteiger partial charge on any atom is 0.150 e. The van der Waals surface area contributed by atoms with Gasteiger partial charge in [0.25, 0.3) is 0 Å². The van der Waals surface area contributed by atoms with Gasteiger partial charge in [-0.05, 0) is 19.3 Å². The van der Waals surface area contributed by atoms with Crippen LogP contribution >= 0.6 is 12.4 Å². The first-order valence-electron chi connectivity index (χ1n) is 4.11. The van der Waals surface area contributed by atoms with E-state index in [-0.39, 0.29) is 17.7 Å². The minimum Gasteiger partial charge on any atom is -0.327 e. The highest BCUT2D eigenvalue weighted by atomic mass is 35.5. The third-order valence-corrected chi connectivity index (χ3v) is 3.96. The quantitative estimate of drug-likeness (QED) is 0.711. The Kier molecular flexibility index (Phi) is 4.96. The lowest BCUT2D eigenvalue weighted by molar-refractivity contribution is 0.570. The molecule has 0 amide bonds. The van der Waals surface area contributed by atoms with Gasteiger partial charge in [0.1, 0.15) is 0 Å². The van der Waals surface area contributed by atoms with E-state index < -0.39 is 9.84 Å². The second-order valence-electron chi connectivity index (χ2n) is 3.29. The van der Waals surface area contributed by atoms with Crippen molar-refractivity contribution < 1.29 is 8.42 Å². The highest BCUT2D eigenvalue weighted by Gasteiger charge is 2.22. The van der Waals surface area contributed by atoms with Gasteiger partial charge in [-0.1, -0.05) is 11.6 Å². The number of hydrogen-bond donors (Lipinski definition) is 1. The van der Waals surface area contributed by atoms with E-state index in [1.165, 1.54) is 11.8 Å². The zero-order valence-corrected chi connectivity index (χ0v) is 9.33. The first-order chi connectivity index (χ1) is 5.54. The van der Waals surface area contributed by atoms with Crippen LogP contribution in [0.15, 0.2) is 11.6 Å². The van der Waals surface area contributed by atoms with Crippen LogP contribution in [0, 0.1) is 0 Å². The molecule has 5 heteroatoms. The number of rotatable bonds is 2. The number of hydrogen-bond acceptors (Lipinski definition) is 3. The van der Waals surface area contributed by atoms with E-state index in [9.17, 15) is 8.42 Å². The van der Waals surface area contributed by atoms with Crippen LogP contribution < -0.4 is 5.73 Å². The molecule has 0 saturated heterocycles. The molecule has 0 spiro atoms. The molecule has 1 unspecified atom stereocenters. The topological polar surface area (TPSA) is 60.2 Å². The summed E-state index contributed by atoms with van der Waals surface area (Å²) in [5.74, 6) is 0. The maximum atomic E-state index is 11.1. The Labute approximate surface area is 85.7 Å². The minimum absolute atomic E-state index is 0. The third kappa shape index (κ3) is 3.67. The molecule has 78 valence electrons. The Morgan fingerprint density at radius 1 is 1.62 bits per heavy atom. The van der Waals surface area contributed by atoms with Gasteiger partial charge in [-0.2, -0.15) is 0 Å². The first-order valence-corrected chi connectivity index (χ1v) is 6.06. The van der Waals surface area contributed by atoms with Gasteiger partial charge < -0.3 is 5.73 Å². The van der Waals surface area contributed by atoms with E-state index in [4.69, 9.17) is 5.73 Å². The molecular weight excluding hydrogens is 210 g/mol. The number of allylic oxidation sites excluding steroid dienone is 1. The molecule has 2 N–H and O–H groups in total. The van der Waals surface area contributed by atoms with Gasteiger partial charge in [-0.15, -0.1) is 12.4 Å². The van der Waals surface area contributed by atoms with E-state index in [0.29, 0.717) is 13.0 Å². The Balaban J connectivity index is 0.00000144. The summed E-state index contributed by atoms with van der Waals surface area (Å²) >= 11 is 0. The minimum atomic E-state index is -2.84. The van der Waals surface area contributed by atoms with Crippen LogP contribution in [-0.4, -0.2) is 26.5 Å². The fraction of sp³-hybridized carbons (Fsp3) is 0.750. The van der Waals surface area contributed by atoms with Crippen LogP contribution in [0.25, 0.3) is 0 Å². The van der Waals surface area contributed by atoms with Gasteiger partial charge >= 0.3 is 0 Å². The van der Waals surface area contributed by atoms with Gasteiger partial charge in [0.15, 0.2) is 9.84 Å². The van der Waals surface area contributed by atoms with Crippen LogP contribution in [0.4, 0.5) is 0 Å². The summed E-state index contributed by atoms with van der Waals surface area (Å²) < 4.78 is 22.2. The van der Waals surface area contributed by atoms with Crippen LogP contribution in [0.2, 0.25) is 0 Å². The van der Waals surface area contributed by atoms with Crippen LogP contribution in [-0.2, 0) is 9.84 Å². The Morgan fingerprint density at radius 2 is 2.23 bits per heavy atom. The molecule has 13 heavy (non-hydrogen) atoms. The van der Waals surface area contributed by atoms with Gasteiger partial charge in [0, 0.05) is 12.8 Å². The van der Waals surface area contributed by atoms with Crippen molar-refractivity contribution in [1.82, 2.24) is 0 Å². The molecular formula is C8H16ClNO2S. The fourth-order valence-corrected chi connectivity index (χ4v) is 2.43.